The lowest BCUT2D eigenvalue weighted by Crippen LogP contribution is -2.38. The summed E-state index contributed by atoms with van der Waals surface area (Å²) in [6, 6.07) is 10.2. The van der Waals surface area contributed by atoms with Gasteiger partial charge >= 0.3 is 0 Å². The normalized spacial score (nSPS) is 11.1. The van der Waals surface area contributed by atoms with Crippen LogP contribution in [0, 0.1) is 6.92 Å². The molecular weight excluding hydrogens is 459 g/mol. The van der Waals surface area contributed by atoms with Gasteiger partial charge in [0.2, 0.25) is 0 Å². The van der Waals surface area contributed by atoms with Crippen molar-refractivity contribution in [1.82, 2.24) is 25.2 Å². The number of rotatable bonds is 5. The van der Waals surface area contributed by atoms with Gasteiger partial charge in [-0.3, -0.25) is 4.99 Å². The van der Waals surface area contributed by atoms with Crippen molar-refractivity contribution in [3.05, 3.63) is 58.4 Å². The highest BCUT2D eigenvalue weighted by molar-refractivity contribution is 14.0. The Hall–Kier alpha value is -1.94. The van der Waals surface area contributed by atoms with Gasteiger partial charge in [0, 0.05) is 25.2 Å². The molecule has 0 fully saturated rings. The smallest absolute Gasteiger partial charge is 0.194 e. The number of aromatic nitrogens is 3. The Balaban J connectivity index is 0.00000243. The first-order chi connectivity index (χ1) is 12.2. The number of guanidine groups is 1. The van der Waals surface area contributed by atoms with Crippen LogP contribution in [0.15, 0.2) is 47.7 Å². The van der Waals surface area contributed by atoms with E-state index in [0.29, 0.717) is 13.1 Å². The van der Waals surface area contributed by atoms with Crippen LogP contribution >= 0.6 is 35.3 Å². The van der Waals surface area contributed by atoms with E-state index in [9.17, 15) is 0 Å². The number of aromatic amines is 1. The number of imidazole rings is 1. The quantitative estimate of drug-likeness (QED) is 0.331. The van der Waals surface area contributed by atoms with Gasteiger partial charge in [0.25, 0.3) is 0 Å². The predicted octanol–water partition coefficient (Wildman–Crippen LogP) is 3.67. The maximum Gasteiger partial charge on any atom is 0.194 e. The lowest BCUT2D eigenvalue weighted by molar-refractivity contribution is 0.464. The molecule has 0 atom stereocenters. The summed E-state index contributed by atoms with van der Waals surface area (Å²) in [5.74, 6) is 1.71. The van der Waals surface area contributed by atoms with Crippen LogP contribution in [0.1, 0.15) is 15.7 Å². The molecular formula is C18H23IN6S. The number of H-pyrrole nitrogens is 1. The number of thiazole rings is 1. The molecule has 0 saturated heterocycles. The molecule has 0 spiro atoms. The SMILES string of the molecule is CN=C(NCc1ncc(C)s1)N(C)Cc1ncc(-c2ccccc2)[nH]1.I. The Labute approximate surface area is 174 Å². The van der Waals surface area contributed by atoms with E-state index in [0.717, 1.165) is 28.0 Å². The maximum absolute atomic E-state index is 4.48. The van der Waals surface area contributed by atoms with Gasteiger partial charge in [0.1, 0.15) is 10.8 Å². The third kappa shape index (κ3) is 5.28. The monoisotopic (exact) mass is 482 g/mol. The van der Waals surface area contributed by atoms with Crippen LogP contribution in [-0.4, -0.2) is 39.9 Å². The highest BCUT2D eigenvalue weighted by atomic mass is 127. The zero-order valence-electron chi connectivity index (χ0n) is 15.1. The summed E-state index contributed by atoms with van der Waals surface area (Å²) in [6.07, 6.45) is 3.76. The third-order valence-electron chi connectivity index (χ3n) is 3.74. The van der Waals surface area contributed by atoms with Gasteiger partial charge in [-0.25, -0.2) is 9.97 Å². The average molecular weight is 482 g/mol. The van der Waals surface area contributed by atoms with Crippen LogP contribution in [-0.2, 0) is 13.1 Å². The van der Waals surface area contributed by atoms with E-state index in [1.807, 2.05) is 42.5 Å². The van der Waals surface area contributed by atoms with Crippen LogP contribution in [0.2, 0.25) is 0 Å². The van der Waals surface area contributed by atoms with Crippen LogP contribution in [0.5, 0.6) is 0 Å². The molecule has 2 heterocycles. The minimum atomic E-state index is 0. The molecule has 8 heteroatoms. The predicted molar refractivity (Wildman–Crippen MR) is 118 cm³/mol. The molecule has 26 heavy (non-hydrogen) atoms. The first kappa shape index (κ1) is 20.4. The number of nitrogens with one attached hydrogen (secondary N) is 2. The molecule has 1 aromatic carbocycles. The van der Waals surface area contributed by atoms with E-state index in [1.54, 1.807) is 18.4 Å². The van der Waals surface area contributed by atoms with E-state index in [-0.39, 0.29) is 24.0 Å². The summed E-state index contributed by atoms with van der Waals surface area (Å²) in [4.78, 5) is 19.8. The molecule has 2 N–H and O–H groups in total. The van der Waals surface area contributed by atoms with Crippen LogP contribution in [0.4, 0.5) is 0 Å². The highest BCUT2D eigenvalue weighted by Gasteiger charge is 2.10. The molecule has 0 amide bonds. The van der Waals surface area contributed by atoms with Crippen molar-refractivity contribution in [3.63, 3.8) is 0 Å². The van der Waals surface area contributed by atoms with Crippen molar-refractivity contribution >= 4 is 41.3 Å². The van der Waals surface area contributed by atoms with Gasteiger partial charge in [-0.05, 0) is 12.5 Å². The van der Waals surface area contributed by atoms with Gasteiger partial charge < -0.3 is 15.2 Å². The minimum absolute atomic E-state index is 0. The van der Waals surface area contributed by atoms with Gasteiger partial charge in [-0.2, -0.15) is 0 Å². The fourth-order valence-electron chi connectivity index (χ4n) is 2.53. The largest absolute Gasteiger partial charge is 0.350 e. The standard InChI is InChI=1S/C18H22N6S.HI/c1-13-9-21-17(25-13)11-22-18(19-2)24(3)12-16-20-10-15(23-16)14-7-5-4-6-8-14;/h4-10H,11-12H2,1-3H3,(H,19,22)(H,20,23);1H. The number of benzene rings is 1. The van der Waals surface area contributed by atoms with Crippen LogP contribution in [0.3, 0.4) is 0 Å². The number of aryl methyl sites for hydroxylation is 1. The van der Waals surface area contributed by atoms with Crippen LogP contribution < -0.4 is 5.32 Å². The van der Waals surface area contributed by atoms with E-state index in [2.05, 4.69) is 44.3 Å². The van der Waals surface area contributed by atoms with Crippen LogP contribution in [0.25, 0.3) is 11.3 Å². The molecule has 6 nitrogen and oxygen atoms in total. The Morgan fingerprint density at radius 3 is 2.65 bits per heavy atom. The number of nitrogens with zero attached hydrogens (tertiary/aromatic N) is 4. The van der Waals surface area contributed by atoms with E-state index in [4.69, 9.17) is 0 Å². The number of aliphatic imine (C=N–C) groups is 1. The first-order valence-electron chi connectivity index (χ1n) is 8.08. The van der Waals surface area contributed by atoms with Crippen molar-refractivity contribution in [1.29, 1.82) is 0 Å². The average Bonchev–Trinajstić information content (AvgIpc) is 3.25. The summed E-state index contributed by atoms with van der Waals surface area (Å²) in [7, 11) is 3.77. The zero-order valence-corrected chi connectivity index (χ0v) is 18.2. The van der Waals surface area contributed by atoms with Crippen molar-refractivity contribution in [2.75, 3.05) is 14.1 Å². The Bertz CT molecular complexity index is 842. The maximum atomic E-state index is 4.48. The Morgan fingerprint density at radius 1 is 1.23 bits per heavy atom. The first-order valence-corrected chi connectivity index (χ1v) is 8.89. The zero-order chi connectivity index (χ0) is 17.6. The molecule has 0 radical (unpaired) electrons. The second-order valence-electron chi connectivity index (χ2n) is 5.73. The summed E-state index contributed by atoms with van der Waals surface area (Å²) in [6.45, 7) is 3.37. The Morgan fingerprint density at radius 2 is 2.00 bits per heavy atom. The molecule has 0 aliphatic carbocycles. The highest BCUT2D eigenvalue weighted by Crippen LogP contribution is 2.16. The summed E-state index contributed by atoms with van der Waals surface area (Å²) >= 11 is 1.69. The fourth-order valence-corrected chi connectivity index (χ4v) is 3.26. The Kier molecular flexibility index (Phi) is 7.58. The lowest BCUT2D eigenvalue weighted by atomic mass is 10.2. The van der Waals surface area contributed by atoms with Gasteiger partial charge in [0.05, 0.1) is 25.0 Å². The molecule has 0 aliphatic rings. The van der Waals surface area contributed by atoms with E-state index >= 15 is 0 Å². The summed E-state index contributed by atoms with van der Waals surface area (Å²) in [5.41, 5.74) is 2.15. The molecule has 3 rings (SSSR count). The number of hydrogen-bond donors (Lipinski definition) is 2. The minimum Gasteiger partial charge on any atom is -0.350 e. The van der Waals surface area contributed by atoms with Crippen molar-refractivity contribution in [2.45, 2.75) is 20.0 Å². The van der Waals surface area contributed by atoms with E-state index < -0.39 is 0 Å². The lowest BCUT2D eigenvalue weighted by Gasteiger charge is -2.20. The van der Waals surface area contributed by atoms with Gasteiger partial charge in [-0.1, -0.05) is 30.3 Å². The topological polar surface area (TPSA) is 69.2 Å². The second-order valence-corrected chi connectivity index (χ2v) is 7.05. The van der Waals surface area contributed by atoms with Gasteiger partial charge in [0.15, 0.2) is 5.96 Å². The molecule has 3 aromatic rings. The molecule has 0 bridgehead atoms. The van der Waals surface area contributed by atoms with Crippen molar-refractivity contribution in [3.8, 4) is 11.3 Å². The van der Waals surface area contributed by atoms with E-state index in [1.165, 1.54) is 4.88 Å². The van der Waals surface area contributed by atoms with Crippen molar-refractivity contribution < 1.29 is 0 Å². The number of hydrogen-bond acceptors (Lipinski definition) is 4. The number of halogens is 1. The second kappa shape index (κ2) is 9.67. The summed E-state index contributed by atoms with van der Waals surface area (Å²) in [5, 5.41) is 4.39. The molecule has 0 aliphatic heterocycles. The molecule has 0 saturated carbocycles. The third-order valence-corrected chi connectivity index (χ3v) is 4.65. The molecule has 0 unspecified atom stereocenters. The van der Waals surface area contributed by atoms with Gasteiger partial charge in [-0.15, -0.1) is 35.3 Å². The molecule has 2 aromatic heterocycles. The fraction of sp³-hybridized carbons (Fsp3) is 0.278. The summed E-state index contributed by atoms with van der Waals surface area (Å²) < 4.78 is 0. The molecule has 138 valence electrons. The van der Waals surface area contributed by atoms with Crippen molar-refractivity contribution in [2.24, 2.45) is 4.99 Å².